The van der Waals surface area contributed by atoms with Crippen LogP contribution in [0.3, 0.4) is 0 Å². The van der Waals surface area contributed by atoms with Crippen LogP contribution in [0.25, 0.3) is 0 Å². The fraction of sp³-hybridized carbons (Fsp3) is 0.636. The van der Waals surface area contributed by atoms with E-state index in [1.165, 1.54) is 12.8 Å². The molecule has 5 heteroatoms. The maximum atomic E-state index is 11.3. The third-order valence-corrected chi connectivity index (χ3v) is 2.85. The van der Waals surface area contributed by atoms with Crippen molar-refractivity contribution in [2.45, 2.75) is 38.6 Å². The van der Waals surface area contributed by atoms with Crippen LogP contribution in [0.5, 0.6) is 0 Å². The number of ether oxygens (including phenoxy) is 1. The zero-order chi connectivity index (χ0) is 11.4. The smallest absolute Gasteiger partial charge is 0.412 e. The highest BCUT2D eigenvalue weighted by Gasteiger charge is 2.20. The summed E-state index contributed by atoms with van der Waals surface area (Å²) < 4.78 is 6.73. The van der Waals surface area contributed by atoms with E-state index in [1.807, 2.05) is 4.68 Å². The first-order valence-electron chi connectivity index (χ1n) is 5.78. The van der Waals surface area contributed by atoms with Crippen LogP contribution in [-0.4, -0.2) is 22.5 Å². The van der Waals surface area contributed by atoms with Crippen molar-refractivity contribution in [2.75, 3.05) is 11.9 Å². The van der Waals surface area contributed by atoms with Crippen molar-refractivity contribution < 1.29 is 9.53 Å². The second kappa shape index (κ2) is 5.01. The van der Waals surface area contributed by atoms with Gasteiger partial charge in [-0.15, -0.1) is 0 Å². The fourth-order valence-corrected chi connectivity index (χ4v) is 2.12. The Hall–Kier alpha value is -1.52. The second-order valence-electron chi connectivity index (χ2n) is 3.94. The Balaban J connectivity index is 2.03. The summed E-state index contributed by atoms with van der Waals surface area (Å²) in [7, 11) is 0. The number of aromatic nitrogens is 2. The van der Waals surface area contributed by atoms with E-state index in [0.29, 0.717) is 12.6 Å². The topological polar surface area (TPSA) is 56.1 Å². The van der Waals surface area contributed by atoms with Crippen molar-refractivity contribution in [1.29, 1.82) is 0 Å². The second-order valence-corrected chi connectivity index (χ2v) is 3.94. The molecule has 1 aromatic rings. The van der Waals surface area contributed by atoms with Crippen molar-refractivity contribution >= 4 is 11.9 Å². The minimum absolute atomic E-state index is 0.378. The lowest BCUT2D eigenvalue weighted by molar-refractivity contribution is 0.167. The van der Waals surface area contributed by atoms with Gasteiger partial charge in [-0.25, -0.2) is 9.48 Å². The summed E-state index contributed by atoms with van der Waals surface area (Å²) in [4.78, 5) is 11.3. The molecular formula is C11H17N3O2. The van der Waals surface area contributed by atoms with Gasteiger partial charge < -0.3 is 4.74 Å². The van der Waals surface area contributed by atoms with Crippen LogP contribution in [0, 0.1) is 0 Å². The molecule has 0 saturated heterocycles. The number of nitrogens with one attached hydrogen (secondary N) is 1. The Kier molecular flexibility index (Phi) is 3.44. The van der Waals surface area contributed by atoms with Crippen molar-refractivity contribution in [1.82, 2.24) is 9.78 Å². The van der Waals surface area contributed by atoms with Crippen LogP contribution in [-0.2, 0) is 4.74 Å². The summed E-state index contributed by atoms with van der Waals surface area (Å²) in [5, 5.41) is 6.97. The Bertz CT molecular complexity index is 356. The largest absolute Gasteiger partial charge is 0.450 e. The monoisotopic (exact) mass is 223 g/mol. The van der Waals surface area contributed by atoms with Gasteiger partial charge in [0.15, 0.2) is 0 Å². The number of carbonyl (C=O) groups excluding carboxylic acids is 1. The lowest BCUT2D eigenvalue weighted by Crippen LogP contribution is -2.18. The van der Waals surface area contributed by atoms with Crippen LogP contribution in [0.2, 0.25) is 0 Å². The third-order valence-electron chi connectivity index (χ3n) is 2.85. The average Bonchev–Trinajstić information content (AvgIpc) is 2.86. The Morgan fingerprint density at radius 1 is 1.62 bits per heavy atom. The highest BCUT2D eigenvalue weighted by Crippen LogP contribution is 2.31. The molecule has 0 bridgehead atoms. The number of nitrogens with zero attached hydrogens (tertiary/aromatic N) is 2. The average molecular weight is 223 g/mol. The molecule has 1 saturated carbocycles. The van der Waals surface area contributed by atoms with Gasteiger partial charge in [0.2, 0.25) is 0 Å². The van der Waals surface area contributed by atoms with Crippen molar-refractivity contribution in [3.8, 4) is 0 Å². The molecule has 5 nitrogen and oxygen atoms in total. The number of carbonyl (C=O) groups is 1. The first-order chi connectivity index (χ1) is 7.81. The van der Waals surface area contributed by atoms with Crippen molar-refractivity contribution in [3.63, 3.8) is 0 Å². The molecule has 2 rings (SSSR count). The van der Waals surface area contributed by atoms with Crippen LogP contribution >= 0.6 is 0 Å². The van der Waals surface area contributed by atoms with Gasteiger partial charge in [0, 0.05) is 6.07 Å². The summed E-state index contributed by atoms with van der Waals surface area (Å²) >= 11 is 0. The molecule has 0 radical (unpaired) electrons. The molecule has 1 aliphatic rings. The number of hydrogen-bond donors (Lipinski definition) is 1. The van der Waals surface area contributed by atoms with Crippen LogP contribution in [0.15, 0.2) is 12.3 Å². The third kappa shape index (κ3) is 2.35. The molecule has 1 N–H and O–H groups in total. The normalized spacial score (nSPS) is 16.3. The molecule has 1 fully saturated rings. The van der Waals surface area contributed by atoms with E-state index in [9.17, 15) is 4.79 Å². The molecule has 1 aromatic heterocycles. The zero-order valence-electron chi connectivity index (χ0n) is 9.48. The van der Waals surface area contributed by atoms with E-state index in [4.69, 9.17) is 4.74 Å². The Morgan fingerprint density at radius 2 is 2.38 bits per heavy atom. The Labute approximate surface area is 94.8 Å². The van der Waals surface area contributed by atoms with Crippen molar-refractivity contribution in [2.24, 2.45) is 0 Å². The van der Waals surface area contributed by atoms with Gasteiger partial charge in [-0.05, 0) is 19.8 Å². The fourth-order valence-electron chi connectivity index (χ4n) is 2.12. The summed E-state index contributed by atoms with van der Waals surface area (Å²) in [5.41, 5.74) is 0. The SMILES string of the molecule is CCOC(=O)Nc1ccnn1C1CCCC1. The first kappa shape index (κ1) is 11.0. The van der Waals surface area contributed by atoms with Crippen molar-refractivity contribution in [3.05, 3.63) is 12.3 Å². The molecule has 0 spiro atoms. The highest BCUT2D eigenvalue weighted by molar-refractivity contribution is 5.83. The lowest BCUT2D eigenvalue weighted by atomic mass is 10.2. The van der Waals surface area contributed by atoms with E-state index < -0.39 is 6.09 Å². The first-order valence-corrected chi connectivity index (χ1v) is 5.78. The van der Waals surface area contributed by atoms with Gasteiger partial charge in [-0.2, -0.15) is 5.10 Å². The van der Waals surface area contributed by atoms with Gasteiger partial charge in [-0.3, -0.25) is 5.32 Å². The van der Waals surface area contributed by atoms with Crippen LogP contribution in [0.1, 0.15) is 38.6 Å². The van der Waals surface area contributed by atoms with Gasteiger partial charge in [-0.1, -0.05) is 12.8 Å². The molecule has 0 aromatic carbocycles. The molecule has 1 aliphatic carbocycles. The maximum absolute atomic E-state index is 11.3. The number of rotatable bonds is 3. The number of amides is 1. The highest BCUT2D eigenvalue weighted by atomic mass is 16.5. The predicted octanol–water partition coefficient (Wildman–Crippen LogP) is 2.57. The van der Waals surface area contributed by atoms with E-state index in [0.717, 1.165) is 18.7 Å². The molecule has 0 aliphatic heterocycles. The summed E-state index contributed by atoms with van der Waals surface area (Å²) in [6.07, 6.45) is 6.05. The summed E-state index contributed by atoms with van der Waals surface area (Å²) in [6.45, 7) is 2.16. The molecule has 0 unspecified atom stereocenters. The van der Waals surface area contributed by atoms with Gasteiger partial charge in [0.25, 0.3) is 0 Å². The molecule has 1 amide bonds. The van der Waals surface area contributed by atoms with E-state index in [-0.39, 0.29) is 0 Å². The summed E-state index contributed by atoms with van der Waals surface area (Å²) in [6, 6.07) is 2.22. The van der Waals surface area contributed by atoms with Gasteiger partial charge in [0.1, 0.15) is 5.82 Å². The number of anilines is 1. The van der Waals surface area contributed by atoms with E-state index >= 15 is 0 Å². The predicted molar refractivity (Wildman–Crippen MR) is 60.4 cm³/mol. The molecule has 1 heterocycles. The quantitative estimate of drug-likeness (QED) is 0.856. The zero-order valence-corrected chi connectivity index (χ0v) is 9.48. The van der Waals surface area contributed by atoms with E-state index in [2.05, 4.69) is 10.4 Å². The van der Waals surface area contributed by atoms with Gasteiger partial charge in [0.05, 0.1) is 18.8 Å². The standard InChI is InChI=1S/C11H17N3O2/c1-2-16-11(15)13-10-7-8-12-14(10)9-5-3-4-6-9/h7-9H,2-6H2,1H3,(H,13,15). The lowest BCUT2D eigenvalue weighted by Gasteiger charge is -2.14. The molecule has 0 atom stereocenters. The summed E-state index contributed by atoms with van der Waals surface area (Å²) in [5.74, 6) is 0.727. The maximum Gasteiger partial charge on any atom is 0.412 e. The van der Waals surface area contributed by atoms with E-state index in [1.54, 1.807) is 19.2 Å². The van der Waals surface area contributed by atoms with Gasteiger partial charge >= 0.3 is 6.09 Å². The minimum Gasteiger partial charge on any atom is -0.450 e. The van der Waals surface area contributed by atoms with Crippen LogP contribution in [0.4, 0.5) is 10.6 Å². The number of hydrogen-bond acceptors (Lipinski definition) is 3. The molecule has 88 valence electrons. The minimum atomic E-state index is -0.415. The molecule has 16 heavy (non-hydrogen) atoms. The Morgan fingerprint density at radius 3 is 3.06 bits per heavy atom. The molecular weight excluding hydrogens is 206 g/mol. The van der Waals surface area contributed by atoms with Crippen LogP contribution < -0.4 is 5.32 Å².